The lowest BCUT2D eigenvalue weighted by molar-refractivity contribution is -0.126. The third-order valence-electron chi connectivity index (χ3n) is 7.93. The molecule has 0 unspecified atom stereocenters. The van der Waals surface area contributed by atoms with Gasteiger partial charge in [0.2, 0.25) is 5.91 Å². The summed E-state index contributed by atoms with van der Waals surface area (Å²) in [4.78, 5) is 19.5. The minimum atomic E-state index is -0.0418. The van der Waals surface area contributed by atoms with Crippen LogP contribution in [0, 0.1) is 23.7 Å². The number of aromatic nitrogens is 1. The van der Waals surface area contributed by atoms with Crippen molar-refractivity contribution in [1.29, 1.82) is 0 Å². The number of hydrogen-bond donors (Lipinski definition) is 2. The maximum absolute atomic E-state index is 12.9. The molecule has 1 saturated heterocycles. The van der Waals surface area contributed by atoms with Crippen molar-refractivity contribution in [2.24, 2.45) is 23.7 Å². The fourth-order valence-electron chi connectivity index (χ4n) is 7.04. The molecular formula is C24H36N4O. The lowest BCUT2D eigenvalue weighted by atomic mass is 9.54. The first-order valence-electron chi connectivity index (χ1n) is 11.7. The molecule has 4 saturated carbocycles. The Morgan fingerprint density at radius 2 is 1.72 bits per heavy atom. The first-order chi connectivity index (χ1) is 14.0. The maximum Gasteiger partial charge on any atom is 0.237 e. The number of carbonyl (C=O) groups excluding carboxylic acids is 1. The van der Waals surface area contributed by atoms with E-state index in [9.17, 15) is 4.79 Å². The molecule has 2 N–H and O–H groups in total. The highest BCUT2D eigenvalue weighted by Gasteiger charge is 2.49. The van der Waals surface area contributed by atoms with Crippen molar-refractivity contribution < 1.29 is 4.79 Å². The normalized spacial score (nSPS) is 38.7. The number of nitrogens with zero attached hydrogens (tertiary/aromatic N) is 2. The van der Waals surface area contributed by atoms with Gasteiger partial charge >= 0.3 is 0 Å². The largest absolute Gasteiger partial charge is 0.353 e. The van der Waals surface area contributed by atoms with E-state index in [1.54, 1.807) is 0 Å². The molecule has 1 aliphatic heterocycles. The Labute approximate surface area is 175 Å². The van der Waals surface area contributed by atoms with Crippen molar-refractivity contribution in [3.05, 3.63) is 30.1 Å². The van der Waals surface area contributed by atoms with E-state index in [1.165, 1.54) is 37.7 Å². The van der Waals surface area contributed by atoms with E-state index in [0.717, 1.165) is 43.2 Å². The van der Waals surface area contributed by atoms with E-state index in [1.807, 2.05) is 26.2 Å². The third-order valence-corrected chi connectivity index (χ3v) is 7.93. The molecule has 5 nitrogen and oxygen atoms in total. The number of carbonyl (C=O) groups is 1. The number of likely N-dealkylation sites (tertiary alicyclic amines) is 1. The summed E-state index contributed by atoms with van der Waals surface area (Å²) in [6, 6.07) is 5.37. The number of nitrogens with one attached hydrogen (secondary N) is 2. The smallest absolute Gasteiger partial charge is 0.237 e. The molecule has 4 aliphatic carbocycles. The van der Waals surface area contributed by atoms with Crippen LogP contribution in [-0.2, 0) is 11.3 Å². The highest BCUT2D eigenvalue weighted by Crippen LogP contribution is 2.53. The number of rotatable bonds is 6. The predicted molar refractivity (Wildman–Crippen MR) is 114 cm³/mol. The van der Waals surface area contributed by atoms with Gasteiger partial charge in [0, 0.05) is 43.6 Å². The van der Waals surface area contributed by atoms with Crippen LogP contribution in [0.5, 0.6) is 0 Å². The molecule has 1 aromatic heterocycles. The van der Waals surface area contributed by atoms with Crippen LogP contribution in [0.3, 0.4) is 0 Å². The monoisotopic (exact) mass is 396 g/mol. The minimum Gasteiger partial charge on any atom is -0.353 e. The zero-order valence-corrected chi connectivity index (χ0v) is 17.9. The van der Waals surface area contributed by atoms with Gasteiger partial charge in [-0.05, 0) is 93.7 Å². The Kier molecular flexibility index (Phi) is 5.37. The summed E-state index contributed by atoms with van der Waals surface area (Å²) in [5.74, 6) is 3.95. The molecule has 4 bridgehead atoms. The van der Waals surface area contributed by atoms with Gasteiger partial charge in [-0.3, -0.25) is 14.7 Å². The Morgan fingerprint density at radius 1 is 1.07 bits per heavy atom. The molecule has 5 heteroatoms. The minimum absolute atomic E-state index is 0.0418. The Hall–Kier alpha value is -1.46. The highest BCUT2D eigenvalue weighted by atomic mass is 16.2. The molecule has 1 amide bonds. The second kappa shape index (κ2) is 7.99. The lowest BCUT2D eigenvalue weighted by Crippen LogP contribution is -2.57. The Balaban J connectivity index is 1.27. The Bertz CT molecular complexity index is 693. The van der Waals surface area contributed by atoms with Crippen molar-refractivity contribution in [2.75, 3.05) is 6.54 Å². The van der Waals surface area contributed by atoms with Gasteiger partial charge in [0.1, 0.15) is 0 Å². The van der Waals surface area contributed by atoms with Crippen LogP contribution in [0.2, 0.25) is 0 Å². The van der Waals surface area contributed by atoms with E-state index in [4.69, 9.17) is 0 Å². The zero-order chi connectivity index (χ0) is 20.0. The van der Waals surface area contributed by atoms with Gasteiger partial charge < -0.3 is 10.6 Å². The molecule has 29 heavy (non-hydrogen) atoms. The second-order valence-corrected chi connectivity index (χ2v) is 10.5. The van der Waals surface area contributed by atoms with Crippen LogP contribution >= 0.6 is 0 Å². The maximum atomic E-state index is 12.9. The van der Waals surface area contributed by atoms with E-state index in [-0.39, 0.29) is 18.0 Å². The highest BCUT2D eigenvalue weighted by molar-refractivity contribution is 5.82. The lowest BCUT2D eigenvalue weighted by Gasteiger charge is -2.55. The first-order valence-corrected chi connectivity index (χ1v) is 11.7. The molecule has 2 heterocycles. The quantitative estimate of drug-likeness (QED) is 0.776. The standard InChI is InChI=1S/C24H36N4O/c1-15(2)26-24(29)22-12-21(14-28(22)13-16-3-5-25-6-4-16)27-23-19-8-17-7-18(10-19)11-20(23)9-17/h3-6,15,17-23,27H,7-14H2,1-2H3,(H,26,29)/t17?,18?,19?,20?,21-,22+,23?/m1/s1. The first kappa shape index (κ1) is 19.5. The molecule has 0 radical (unpaired) electrons. The average Bonchev–Trinajstić information content (AvgIpc) is 3.07. The Morgan fingerprint density at radius 3 is 2.34 bits per heavy atom. The van der Waals surface area contributed by atoms with Crippen LogP contribution in [0.15, 0.2) is 24.5 Å². The molecule has 1 aromatic rings. The fraction of sp³-hybridized carbons (Fsp3) is 0.750. The zero-order valence-electron chi connectivity index (χ0n) is 17.9. The molecule has 5 fully saturated rings. The van der Waals surface area contributed by atoms with Gasteiger partial charge in [-0.15, -0.1) is 0 Å². The molecule has 158 valence electrons. The van der Waals surface area contributed by atoms with Gasteiger partial charge in [-0.25, -0.2) is 0 Å². The topological polar surface area (TPSA) is 57.3 Å². The number of hydrogen-bond acceptors (Lipinski definition) is 4. The molecular weight excluding hydrogens is 360 g/mol. The van der Waals surface area contributed by atoms with Gasteiger partial charge in [0.25, 0.3) is 0 Å². The second-order valence-electron chi connectivity index (χ2n) is 10.5. The van der Waals surface area contributed by atoms with Crippen LogP contribution in [-0.4, -0.2) is 46.5 Å². The third kappa shape index (κ3) is 4.09. The average molecular weight is 397 g/mol. The van der Waals surface area contributed by atoms with Crippen molar-refractivity contribution in [3.63, 3.8) is 0 Å². The van der Waals surface area contributed by atoms with Gasteiger partial charge in [-0.1, -0.05) is 0 Å². The fourth-order valence-corrected chi connectivity index (χ4v) is 7.04. The van der Waals surface area contributed by atoms with Crippen LogP contribution in [0.1, 0.15) is 57.9 Å². The summed E-state index contributed by atoms with van der Waals surface area (Å²) in [6.45, 7) is 5.87. The van der Waals surface area contributed by atoms with Gasteiger partial charge in [0.15, 0.2) is 0 Å². The van der Waals surface area contributed by atoms with Crippen LogP contribution < -0.4 is 10.6 Å². The van der Waals surface area contributed by atoms with Crippen LogP contribution in [0.25, 0.3) is 0 Å². The van der Waals surface area contributed by atoms with E-state index in [2.05, 4.69) is 32.7 Å². The van der Waals surface area contributed by atoms with Crippen molar-refractivity contribution >= 4 is 5.91 Å². The summed E-state index contributed by atoms with van der Waals surface area (Å²) < 4.78 is 0. The predicted octanol–water partition coefficient (Wildman–Crippen LogP) is 2.96. The van der Waals surface area contributed by atoms with Crippen LogP contribution in [0.4, 0.5) is 0 Å². The summed E-state index contributed by atoms with van der Waals surface area (Å²) in [5.41, 5.74) is 1.23. The van der Waals surface area contributed by atoms with Crippen molar-refractivity contribution in [3.8, 4) is 0 Å². The molecule has 2 atom stereocenters. The molecule has 0 spiro atoms. The SMILES string of the molecule is CC(C)NC(=O)[C@@H]1C[C@@H](NC2C3CC4CC(C3)CC2C4)CN1Cc1ccncc1. The summed E-state index contributed by atoms with van der Waals surface area (Å²) in [5, 5.41) is 7.24. The molecule has 6 rings (SSSR count). The number of pyridine rings is 1. The van der Waals surface area contributed by atoms with Gasteiger partial charge in [-0.2, -0.15) is 0 Å². The van der Waals surface area contributed by atoms with Crippen molar-refractivity contribution in [2.45, 2.75) is 83.1 Å². The van der Waals surface area contributed by atoms with E-state index < -0.39 is 0 Å². The summed E-state index contributed by atoms with van der Waals surface area (Å²) in [6.07, 6.45) is 11.9. The molecule has 5 aliphatic rings. The van der Waals surface area contributed by atoms with E-state index >= 15 is 0 Å². The molecule has 0 aromatic carbocycles. The summed E-state index contributed by atoms with van der Waals surface area (Å²) >= 11 is 0. The van der Waals surface area contributed by atoms with Crippen molar-refractivity contribution in [1.82, 2.24) is 20.5 Å². The van der Waals surface area contributed by atoms with Gasteiger partial charge in [0.05, 0.1) is 6.04 Å². The number of amides is 1. The summed E-state index contributed by atoms with van der Waals surface area (Å²) in [7, 11) is 0. The van der Waals surface area contributed by atoms with E-state index in [0.29, 0.717) is 12.1 Å².